The van der Waals surface area contributed by atoms with Crippen molar-refractivity contribution < 1.29 is 14.3 Å². The maximum absolute atomic E-state index is 12.0. The number of hydrogen-bond acceptors (Lipinski definition) is 4. The second kappa shape index (κ2) is 6.80. The van der Waals surface area contributed by atoms with E-state index in [1.54, 1.807) is 14.0 Å². The van der Waals surface area contributed by atoms with Crippen molar-refractivity contribution in [1.82, 2.24) is 10.6 Å². The molecule has 0 spiro atoms. The summed E-state index contributed by atoms with van der Waals surface area (Å²) in [6.45, 7) is 3.81. The fourth-order valence-electron chi connectivity index (χ4n) is 2.05. The van der Waals surface area contributed by atoms with Crippen molar-refractivity contribution in [2.75, 3.05) is 14.2 Å². The lowest BCUT2D eigenvalue weighted by atomic mass is 10.1. The van der Waals surface area contributed by atoms with Crippen LogP contribution < -0.4 is 20.1 Å². The van der Waals surface area contributed by atoms with Crippen LogP contribution in [0.5, 0.6) is 11.5 Å². The molecule has 1 aliphatic carbocycles. The van der Waals surface area contributed by atoms with E-state index in [1.165, 1.54) is 0 Å². The van der Waals surface area contributed by atoms with E-state index in [4.69, 9.17) is 9.47 Å². The molecule has 2 rings (SSSR count). The van der Waals surface area contributed by atoms with Gasteiger partial charge in [-0.05, 0) is 39.8 Å². The summed E-state index contributed by atoms with van der Waals surface area (Å²) in [6, 6.07) is 6.14. The van der Waals surface area contributed by atoms with Gasteiger partial charge in [0.05, 0.1) is 7.11 Å². The van der Waals surface area contributed by atoms with Crippen molar-refractivity contribution in [2.45, 2.75) is 44.9 Å². The molecule has 2 N–H and O–H groups in total. The van der Waals surface area contributed by atoms with Crippen LogP contribution in [0.3, 0.4) is 0 Å². The molecular weight excluding hydrogens is 268 g/mol. The number of rotatable bonds is 7. The van der Waals surface area contributed by atoms with E-state index < -0.39 is 6.10 Å². The van der Waals surface area contributed by atoms with Crippen molar-refractivity contribution >= 4 is 5.91 Å². The molecule has 2 unspecified atom stereocenters. The van der Waals surface area contributed by atoms with Crippen LogP contribution in [0.25, 0.3) is 0 Å². The van der Waals surface area contributed by atoms with Gasteiger partial charge >= 0.3 is 0 Å². The van der Waals surface area contributed by atoms with Gasteiger partial charge in [0, 0.05) is 23.7 Å². The molecule has 21 heavy (non-hydrogen) atoms. The molecule has 0 aromatic heterocycles. The molecular formula is C16H24N2O3. The summed E-state index contributed by atoms with van der Waals surface area (Å²) in [5.74, 6) is 1.32. The van der Waals surface area contributed by atoms with Gasteiger partial charge in [0.2, 0.25) is 0 Å². The number of methoxy groups -OCH3 is 1. The summed E-state index contributed by atoms with van der Waals surface area (Å²) < 4.78 is 11.1. The van der Waals surface area contributed by atoms with Crippen molar-refractivity contribution in [3.8, 4) is 11.5 Å². The number of carbonyl (C=O) groups excluding carboxylic acids is 1. The lowest BCUT2D eigenvalue weighted by Crippen LogP contribution is -2.37. The molecule has 1 fully saturated rings. The summed E-state index contributed by atoms with van der Waals surface area (Å²) in [6.07, 6.45) is 1.61. The van der Waals surface area contributed by atoms with Crippen LogP contribution in [0.1, 0.15) is 38.3 Å². The Balaban J connectivity index is 2.13. The van der Waals surface area contributed by atoms with Crippen LogP contribution in [0.2, 0.25) is 0 Å². The van der Waals surface area contributed by atoms with E-state index in [1.807, 2.05) is 32.2 Å². The molecule has 5 nitrogen and oxygen atoms in total. The van der Waals surface area contributed by atoms with Crippen molar-refractivity contribution in [2.24, 2.45) is 0 Å². The highest BCUT2D eigenvalue weighted by Gasteiger charge is 2.27. The van der Waals surface area contributed by atoms with Gasteiger partial charge in [-0.15, -0.1) is 0 Å². The highest BCUT2D eigenvalue weighted by Crippen LogP contribution is 2.30. The molecule has 1 aliphatic rings. The first-order valence-corrected chi connectivity index (χ1v) is 7.37. The normalized spacial score (nSPS) is 17.0. The van der Waals surface area contributed by atoms with E-state index in [0.717, 1.165) is 18.4 Å². The quantitative estimate of drug-likeness (QED) is 0.807. The SMILES string of the molecule is CNC(C)c1ccc(OC)cc1OC(C)C(=O)NC1CC1. The summed E-state index contributed by atoms with van der Waals surface area (Å²) in [5.41, 5.74) is 1.00. The predicted octanol–water partition coefficient (Wildman–Crippen LogP) is 2.02. The molecule has 0 bridgehead atoms. The minimum absolute atomic E-state index is 0.0663. The lowest BCUT2D eigenvalue weighted by molar-refractivity contribution is -0.127. The predicted molar refractivity (Wildman–Crippen MR) is 81.7 cm³/mol. The molecule has 116 valence electrons. The molecule has 1 aromatic rings. The number of benzene rings is 1. The minimum Gasteiger partial charge on any atom is -0.497 e. The van der Waals surface area contributed by atoms with Crippen molar-refractivity contribution in [1.29, 1.82) is 0 Å². The Bertz CT molecular complexity index is 500. The van der Waals surface area contributed by atoms with E-state index in [2.05, 4.69) is 10.6 Å². The molecule has 0 aliphatic heterocycles. The fourth-order valence-corrected chi connectivity index (χ4v) is 2.05. The zero-order valence-corrected chi connectivity index (χ0v) is 13.1. The van der Waals surface area contributed by atoms with E-state index in [0.29, 0.717) is 17.5 Å². The summed E-state index contributed by atoms with van der Waals surface area (Å²) in [5, 5.41) is 6.14. The van der Waals surface area contributed by atoms with Gasteiger partial charge in [-0.2, -0.15) is 0 Å². The van der Waals surface area contributed by atoms with E-state index in [-0.39, 0.29) is 11.9 Å². The number of ether oxygens (including phenoxy) is 2. The third kappa shape index (κ3) is 4.11. The van der Waals surface area contributed by atoms with Gasteiger partial charge in [-0.3, -0.25) is 4.79 Å². The first-order valence-electron chi connectivity index (χ1n) is 7.37. The zero-order chi connectivity index (χ0) is 15.4. The van der Waals surface area contributed by atoms with Gasteiger partial charge < -0.3 is 20.1 Å². The Hall–Kier alpha value is -1.75. The Labute approximate surface area is 126 Å². The van der Waals surface area contributed by atoms with E-state index >= 15 is 0 Å². The highest BCUT2D eigenvalue weighted by atomic mass is 16.5. The lowest BCUT2D eigenvalue weighted by Gasteiger charge is -2.20. The van der Waals surface area contributed by atoms with Crippen LogP contribution in [0.15, 0.2) is 18.2 Å². The summed E-state index contributed by atoms with van der Waals surface area (Å²) in [4.78, 5) is 12.0. The Morgan fingerprint density at radius 1 is 1.33 bits per heavy atom. The monoisotopic (exact) mass is 292 g/mol. The molecule has 0 heterocycles. The second-order valence-corrected chi connectivity index (χ2v) is 5.46. The van der Waals surface area contributed by atoms with E-state index in [9.17, 15) is 4.79 Å². The smallest absolute Gasteiger partial charge is 0.260 e. The van der Waals surface area contributed by atoms with Gasteiger partial charge in [0.25, 0.3) is 5.91 Å². The molecule has 1 aromatic carbocycles. The second-order valence-electron chi connectivity index (χ2n) is 5.46. The average Bonchev–Trinajstić information content (AvgIpc) is 3.30. The standard InChI is InChI=1S/C16H24N2O3/c1-10(17-3)14-8-7-13(20-4)9-15(14)21-11(2)16(19)18-12-5-6-12/h7-12,17H,5-6H2,1-4H3,(H,18,19). The zero-order valence-electron chi connectivity index (χ0n) is 13.1. The molecule has 2 atom stereocenters. The van der Waals surface area contributed by atoms with Gasteiger partial charge in [-0.25, -0.2) is 0 Å². The highest BCUT2D eigenvalue weighted by molar-refractivity contribution is 5.81. The number of hydrogen-bond donors (Lipinski definition) is 2. The van der Waals surface area contributed by atoms with Crippen LogP contribution in [0, 0.1) is 0 Å². The third-order valence-electron chi connectivity index (χ3n) is 3.72. The maximum Gasteiger partial charge on any atom is 0.260 e. The molecule has 0 saturated heterocycles. The number of nitrogens with one attached hydrogen (secondary N) is 2. The van der Waals surface area contributed by atoms with Crippen LogP contribution in [0.4, 0.5) is 0 Å². The van der Waals surface area contributed by atoms with Gasteiger partial charge in [-0.1, -0.05) is 6.07 Å². The van der Waals surface area contributed by atoms with Crippen LogP contribution in [-0.4, -0.2) is 32.2 Å². The third-order valence-corrected chi connectivity index (χ3v) is 3.72. The minimum atomic E-state index is -0.527. The largest absolute Gasteiger partial charge is 0.497 e. The number of carbonyl (C=O) groups is 1. The van der Waals surface area contributed by atoms with Gasteiger partial charge in [0.15, 0.2) is 6.10 Å². The summed E-state index contributed by atoms with van der Waals surface area (Å²) in [7, 11) is 3.51. The maximum atomic E-state index is 12.0. The molecule has 1 amide bonds. The Kier molecular flexibility index (Phi) is 5.07. The Morgan fingerprint density at radius 3 is 2.62 bits per heavy atom. The van der Waals surface area contributed by atoms with Crippen molar-refractivity contribution in [3.63, 3.8) is 0 Å². The molecule has 1 saturated carbocycles. The molecule has 0 radical (unpaired) electrons. The number of amides is 1. The Morgan fingerprint density at radius 2 is 2.05 bits per heavy atom. The van der Waals surface area contributed by atoms with Crippen molar-refractivity contribution in [3.05, 3.63) is 23.8 Å². The average molecular weight is 292 g/mol. The first-order chi connectivity index (χ1) is 10.0. The van der Waals surface area contributed by atoms with Gasteiger partial charge in [0.1, 0.15) is 11.5 Å². The van der Waals surface area contributed by atoms with Crippen LogP contribution >= 0.6 is 0 Å². The van der Waals surface area contributed by atoms with Crippen LogP contribution in [-0.2, 0) is 4.79 Å². The summed E-state index contributed by atoms with van der Waals surface area (Å²) >= 11 is 0. The fraction of sp³-hybridized carbons (Fsp3) is 0.562. The topological polar surface area (TPSA) is 59.6 Å². The molecule has 5 heteroatoms. The first kappa shape index (κ1) is 15.6.